The number of likely N-dealkylation sites (tertiary alicyclic amines) is 1. The number of aromatic nitrogens is 1. The van der Waals surface area contributed by atoms with Gasteiger partial charge in [0.15, 0.2) is 0 Å². The molecule has 1 aliphatic heterocycles. The predicted octanol–water partition coefficient (Wildman–Crippen LogP) is 4.47. The maximum Gasteiger partial charge on any atom is 0.251 e. The Balaban J connectivity index is 0.955. The summed E-state index contributed by atoms with van der Waals surface area (Å²) in [6.07, 6.45) is -0.580. The summed E-state index contributed by atoms with van der Waals surface area (Å²) in [5.41, 5.74) is 9.71. The van der Waals surface area contributed by atoms with Crippen LogP contribution in [-0.2, 0) is 25.5 Å². The molecule has 2 heterocycles. The number of ether oxygens (including phenoxy) is 3. The maximum absolute atomic E-state index is 13.1. The van der Waals surface area contributed by atoms with Gasteiger partial charge in [0.1, 0.15) is 24.5 Å². The largest absolute Gasteiger partial charge is 0.491 e. The van der Waals surface area contributed by atoms with Crippen molar-refractivity contribution in [2.45, 2.75) is 38.0 Å². The molecule has 14 heteroatoms. The molecule has 5 rings (SSSR count). The van der Waals surface area contributed by atoms with E-state index < -0.39 is 24.1 Å². The summed E-state index contributed by atoms with van der Waals surface area (Å²) in [6.45, 7) is 4.84. The lowest BCUT2D eigenvalue weighted by Gasteiger charge is -2.36. The molecule has 1 fully saturated rings. The van der Waals surface area contributed by atoms with Gasteiger partial charge < -0.3 is 40.2 Å². The lowest BCUT2D eigenvalue weighted by atomic mass is 9.94. The number of rotatable bonds is 18. The molecule has 51 heavy (non-hydrogen) atoms. The number of piperidine rings is 1. The number of carbonyl (C=O) groups excluding carboxylic acids is 2. The number of carbonyl (C=O) groups is 2. The molecule has 0 spiro atoms. The number of fused-ring (bicyclic) bond motifs is 1. The van der Waals surface area contributed by atoms with E-state index in [4.69, 9.17) is 19.9 Å². The highest BCUT2D eigenvalue weighted by Gasteiger charge is 2.35. The highest BCUT2D eigenvalue weighted by atomic mass is 32.1. The molecule has 13 nitrogen and oxygen atoms in total. The fraction of sp³-hybridized carbons (Fsp3) is 0.432. The van der Waals surface area contributed by atoms with Crippen molar-refractivity contribution >= 4 is 49.9 Å². The van der Waals surface area contributed by atoms with E-state index in [-0.39, 0.29) is 11.8 Å². The summed E-state index contributed by atoms with van der Waals surface area (Å²) in [6, 6.07) is 21.5. The number of nitrogens with two attached hydrogens (primary N) is 1. The highest BCUT2D eigenvalue weighted by molar-refractivity contribution is 7.21. The fourth-order valence-corrected chi connectivity index (χ4v) is 6.51. The Hall–Kier alpha value is -4.47. The van der Waals surface area contributed by atoms with Crippen molar-refractivity contribution in [1.29, 1.82) is 0 Å². The zero-order chi connectivity index (χ0) is 36.2. The van der Waals surface area contributed by atoms with Gasteiger partial charge in [-0.15, -0.1) is 10.2 Å². The molecule has 4 aromatic rings. The van der Waals surface area contributed by atoms with Gasteiger partial charge in [-0.1, -0.05) is 48.6 Å². The third-order valence-electron chi connectivity index (χ3n) is 8.42. The van der Waals surface area contributed by atoms with E-state index >= 15 is 0 Å². The Morgan fingerprint density at radius 1 is 1.04 bits per heavy atom. The third-order valence-corrected chi connectivity index (χ3v) is 9.33. The average molecular weight is 718 g/mol. The number of amides is 2. The van der Waals surface area contributed by atoms with Gasteiger partial charge in [-0.3, -0.25) is 9.59 Å². The van der Waals surface area contributed by atoms with E-state index in [9.17, 15) is 14.7 Å². The molecule has 4 atom stereocenters. The molecule has 1 aliphatic rings. The van der Waals surface area contributed by atoms with Gasteiger partial charge in [-0.05, 0) is 66.8 Å². The Labute approximate surface area is 302 Å². The molecule has 0 bridgehead atoms. The lowest BCUT2D eigenvalue weighted by molar-refractivity contribution is -0.143. The number of anilines is 1. The van der Waals surface area contributed by atoms with Crippen LogP contribution in [0.2, 0.25) is 0 Å². The minimum Gasteiger partial charge on any atom is -0.491 e. The van der Waals surface area contributed by atoms with Crippen LogP contribution in [0.25, 0.3) is 10.2 Å². The predicted molar refractivity (Wildman–Crippen MR) is 198 cm³/mol. The topological polar surface area (TPSA) is 164 Å². The van der Waals surface area contributed by atoms with E-state index in [1.165, 1.54) is 11.3 Å². The number of aliphatic hydroxyl groups is 1. The maximum atomic E-state index is 13.1. The molecule has 1 saturated heterocycles. The van der Waals surface area contributed by atoms with Crippen LogP contribution in [-0.4, -0.2) is 105 Å². The van der Waals surface area contributed by atoms with Gasteiger partial charge in [-0.25, -0.2) is 4.98 Å². The van der Waals surface area contributed by atoms with Gasteiger partial charge in [0, 0.05) is 38.9 Å². The molecule has 272 valence electrons. The van der Waals surface area contributed by atoms with Crippen LogP contribution in [0.4, 0.5) is 16.5 Å². The van der Waals surface area contributed by atoms with Crippen LogP contribution in [0.5, 0.6) is 5.75 Å². The van der Waals surface area contributed by atoms with Crippen molar-refractivity contribution in [2.24, 2.45) is 21.9 Å². The van der Waals surface area contributed by atoms with Crippen LogP contribution in [0.3, 0.4) is 0 Å². The zero-order valence-corrected chi connectivity index (χ0v) is 30.1. The van der Waals surface area contributed by atoms with Gasteiger partial charge in [0.25, 0.3) is 5.91 Å². The summed E-state index contributed by atoms with van der Waals surface area (Å²) >= 11 is 1.44. The van der Waals surface area contributed by atoms with Gasteiger partial charge >= 0.3 is 0 Å². The first kappa shape index (κ1) is 37.8. The van der Waals surface area contributed by atoms with Crippen molar-refractivity contribution in [3.05, 3.63) is 78.4 Å². The monoisotopic (exact) mass is 717 g/mol. The number of aliphatic hydroxyl groups excluding tert-OH is 1. The molecule has 1 unspecified atom stereocenters. The standard InChI is InChI=1S/C37H47N7O6S/c1-25-21-32(39-35(46)34(45)30(38)22-26-7-5-4-6-8-26)36(47)44(24-25)15-16-48-17-18-49-19-20-50-29-13-14-31-33(23-29)51-37(40-31)42-41-27-9-11-28(12-10-27)43(2)3/h4-14,23,25,30,32,34,45H,15-22,24,38H2,1-3H3,(H,39,46)/b42-41+/t25?,30-,32+,34+/m1/s1. The molecule has 2 amide bonds. The first-order valence-electron chi connectivity index (χ1n) is 17.1. The summed E-state index contributed by atoms with van der Waals surface area (Å²) in [5.74, 6) is 0.0634. The minimum absolute atomic E-state index is 0.174. The number of nitrogens with zero attached hydrogens (tertiary/aromatic N) is 5. The molecule has 0 aliphatic carbocycles. The zero-order valence-electron chi connectivity index (χ0n) is 29.3. The van der Waals surface area contributed by atoms with Crippen LogP contribution >= 0.6 is 11.3 Å². The Kier molecular flexibility index (Phi) is 13.8. The molecule has 0 saturated carbocycles. The third kappa shape index (κ3) is 11.3. The van der Waals surface area contributed by atoms with Crippen molar-refractivity contribution in [2.75, 3.05) is 65.1 Å². The smallest absolute Gasteiger partial charge is 0.251 e. The second kappa shape index (κ2) is 18.7. The van der Waals surface area contributed by atoms with Crippen molar-refractivity contribution in [3.63, 3.8) is 0 Å². The molecular weight excluding hydrogens is 671 g/mol. The van der Waals surface area contributed by atoms with E-state index in [0.717, 1.165) is 27.2 Å². The minimum atomic E-state index is -1.42. The van der Waals surface area contributed by atoms with Gasteiger partial charge in [0.2, 0.25) is 11.0 Å². The molecule has 4 N–H and O–H groups in total. The Morgan fingerprint density at radius 3 is 2.51 bits per heavy atom. The first-order valence-corrected chi connectivity index (χ1v) is 17.9. The summed E-state index contributed by atoms with van der Waals surface area (Å²) in [5, 5.41) is 22.4. The Morgan fingerprint density at radius 2 is 1.76 bits per heavy atom. The van der Waals surface area contributed by atoms with Crippen molar-refractivity contribution in [3.8, 4) is 5.75 Å². The lowest BCUT2D eigenvalue weighted by Crippen LogP contribution is -2.58. The quantitative estimate of drug-likeness (QED) is 0.0995. The first-order chi connectivity index (χ1) is 24.7. The second-order valence-corrected chi connectivity index (χ2v) is 13.8. The van der Waals surface area contributed by atoms with Crippen molar-refractivity contribution in [1.82, 2.24) is 15.2 Å². The number of hydrogen-bond donors (Lipinski definition) is 3. The molecule has 0 radical (unpaired) electrons. The number of azo groups is 1. The molecule has 1 aromatic heterocycles. The molecule has 3 aromatic carbocycles. The van der Waals surface area contributed by atoms with Crippen molar-refractivity contribution < 1.29 is 28.9 Å². The second-order valence-electron chi connectivity index (χ2n) is 12.8. The van der Waals surface area contributed by atoms with Crippen LogP contribution in [0.1, 0.15) is 18.9 Å². The van der Waals surface area contributed by atoms with Gasteiger partial charge in [-0.2, -0.15) is 0 Å². The summed E-state index contributed by atoms with van der Waals surface area (Å²) in [4.78, 5) is 34.1. The van der Waals surface area contributed by atoms with Gasteiger partial charge in [0.05, 0.1) is 42.3 Å². The van der Waals surface area contributed by atoms with Crippen LogP contribution in [0.15, 0.2) is 83.0 Å². The fourth-order valence-electron chi connectivity index (χ4n) is 5.69. The Bertz CT molecular complexity index is 1740. The summed E-state index contributed by atoms with van der Waals surface area (Å²) < 4.78 is 18.2. The number of thiazole rings is 1. The van der Waals surface area contributed by atoms with E-state index in [1.807, 2.05) is 98.7 Å². The van der Waals surface area contributed by atoms with Crippen LogP contribution in [0, 0.1) is 5.92 Å². The number of hydrogen-bond acceptors (Lipinski definition) is 12. The van der Waals surface area contributed by atoms with Crippen LogP contribution < -0.4 is 20.7 Å². The van der Waals surface area contributed by atoms with E-state index in [0.29, 0.717) is 69.8 Å². The number of nitrogens with one attached hydrogen (secondary N) is 1. The normalized spacial score (nSPS) is 17.5. The van der Waals surface area contributed by atoms with E-state index in [2.05, 4.69) is 20.5 Å². The highest BCUT2D eigenvalue weighted by Crippen LogP contribution is 2.32. The number of benzene rings is 3. The SMILES string of the molecule is CC1C[C@H](NC(=O)[C@@H](O)[C@H](N)Cc2ccccc2)C(=O)N(CCOCCOCCOc2ccc3nc(/N=N/c4ccc(N(C)C)cc4)sc3c2)C1. The molecular formula is C37H47N7O6S. The van der Waals surface area contributed by atoms with E-state index in [1.54, 1.807) is 4.90 Å². The average Bonchev–Trinajstić information content (AvgIpc) is 3.54. The summed E-state index contributed by atoms with van der Waals surface area (Å²) in [7, 11) is 3.98.